The second kappa shape index (κ2) is 3.23. The molecule has 1 aromatic heterocycles. The fourth-order valence-electron chi connectivity index (χ4n) is 1.50. The Morgan fingerprint density at radius 1 is 1.62 bits per heavy atom. The van der Waals surface area contributed by atoms with Crippen LogP contribution in [0.3, 0.4) is 0 Å². The van der Waals surface area contributed by atoms with Crippen molar-refractivity contribution in [1.82, 2.24) is 9.78 Å². The van der Waals surface area contributed by atoms with Crippen LogP contribution in [0.2, 0.25) is 0 Å². The van der Waals surface area contributed by atoms with Gasteiger partial charge in [-0.2, -0.15) is 5.10 Å². The lowest BCUT2D eigenvalue weighted by atomic mass is 10.3. The molecular weight excluding hydrogens is 303 g/mol. The van der Waals surface area contributed by atoms with Crippen molar-refractivity contribution in [2.45, 2.75) is 12.5 Å². The van der Waals surface area contributed by atoms with Gasteiger partial charge in [0.05, 0.1) is 17.5 Å². The van der Waals surface area contributed by atoms with Crippen molar-refractivity contribution in [2.24, 2.45) is 0 Å². The molecule has 0 N–H and O–H groups in total. The molecular formula is C7H9IN2O2S. The van der Waals surface area contributed by atoms with Crippen molar-refractivity contribution in [1.29, 1.82) is 0 Å². The van der Waals surface area contributed by atoms with Crippen LogP contribution in [-0.4, -0.2) is 29.7 Å². The molecule has 1 atom stereocenters. The number of hydrogen-bond acceptors (Lipinski definition) is 3. The average molecular weight is 312 g/mol. The van der Waals surface area contributed by atoms with Gasteiger partial charge < -0.3 is 0 Å². The van der Waals surface area contributed by atoms with Gasteiger partial charge in [0.2, 0.25) is 0 Å². The first kappa shape index (κ1) is 9.45. The van der Waals surface area contributed by atoms with Crippen molar-refractivity contribution < 1.29 is 8.42 Å². The zero-order valence-electron chi connectivity index (χ0n) is 6.85. The molecule has 1 saturated heterocycles. The molecule has 0 spiro atoms. The molecule has 1 fully saturated rings. The zero-order valence-corrected chi connectivity index (χ0v) is 9.82. The topological polar surface area (TPSA) is 52.0 Å². The highest BCUT2D eigenvalue weighted by Crippen LogP contribution is 2.22. The summed E-state index contributed by atoms with van der Waals surface area (Å²) >= 11 is 2.11. The summed E-state index contributed by atoms with van der Waals surface area (Å²) in [5, 5.41) is 4.20. The third-order valence-corrected chi connectivity index (χ3v) is 4.48. The van der Waals surface area contributed by atoms with Crippen molar-refractivity contribution in [3.8, 4) is 0 Å². The first-order valence-corrected chi connectivity index (χ1v) is 6.88. The van der Waals surface area contributed by atoms with Crippen LogP contribution in [0.25, 0.3) is 0 Å². The molecule has 0 aliphatic carbocycles. The molecule has 13 heavy (non-hydrogen) atoms. The second-order valence-electron chi connectivity index (χ2n) is 3.18. The summed E-state index contributed by atoms with van der Waals surface area (Å²) in [6, 6.07) is 1.93. The molecule has 1 aromatic rings. The highest BCUT2D eigenvalue weighted by molar-refractivity contribution is 14.1. The average Bonchev–Trinajstić information content (AvgIpc) is 2.56. The number of hydrogen-bond donors (Lipinski definition) is 0. The molecule has 0 radical (unpaired) electrons. The number of rotatable bonds is 1. The molecule has 1 unspecified atom stereocenters. The van der Waals surface area contributed by atoms with Crippen LogP contribution in [0.4, 0.5) is 0 Å². The molecule has 72 valence electrons. The summed E-state index contributed by atoms with van der Waals surface area (Å²) in [4.78, 5) is 0. The molecule has 4 nitrogen and oxygen atoms in total. The molecule has 0 aromatic carbocycles. The van der Waals surface area contributed by atoms with Crippen LogP contribution < -0.4 is 0 Å². The van der Waals surface area contributed by atoms with Gasteiger partial charge in [0, 0.05) is 6.20 Å². The van der Waals surface area contributed by atoms with Crippen LogP contribution in [0.1, 0.15) is 12.5 Å². The molecule has 0 amide bonds. The lowest BCUT2D eigenvalue weighted by molar-refractivity contribution is 0.497. The van der Waals surface area contributed by atoms with E-state index in [1.165, 1.54) is 0 Å². The van der Waals surface area contributed by atoms with E-state index >= 15 is 0 Å². The normalized spacial score (nSPS) is 26.4. The summed E-state index contributed by atoms with van der Waals surface area (Å²) in [5.74, 6) is 0.541. The van der Waals surface area contributed by atoms with Crippen molar-refractivity contribution >= 4 is 32.4 Å². The minimum Gasteiger partial charge on any atom is -0.268 e. The van der Waals surface area contributed by atoms with Crippen molar-refractivity contribution in [3.05, 3.63) is 16.0 Å². The summed E-state index contributed by atoms with van der Waals surface area (Å²) in [7, 11) is -2.80. The maximum absolute atomic E-state index is 11.2. The van der Waals surface area contributed by atoms with E-state index < -0.39 is 9.84 Å². The Labute approximate surface area is 90.4 Å². The van der Waals surface area contributed by atoms with Crippen LogP contribution in [0.15, 0.2) is 12.3 Å². The first-order chi connectivity index (χ1) is 6.07. The Kier molecular flexibility index (Phi) is 2.35. The molecule has 1 aliphatic rings. The van der Waals surface area contributed by atoms with Gasteiger partial charge in [-0.05, 0) is 35.1 Å². The van der Waals surface area contributed by atoms with E-state index in [4.69, 9.17) is 0 Å². The van der Waals surface area contributed by atoms with Crippen LogP contribution >= 0.6 is 22.6 Å². The van der Waals surface area contributed by atoms with Gasteiger partial charge in [0.1, 0.15) is 3.70 Å². The summed E-state index contributed by atoms with van der Waals surface area (Å²) in [6.45, 7) is 0. The number of nitrogens with zero attached hydrogens (tertiary/aromatic N) is 2. The lowest BCUT2D eigenvalue weighted by Crippen LogP contribution is -2.11. The minimum atomic E-state index is -2.80. The smallest absolute Gasteiger partial charge is 0.152 e. The van der Waals surface area contributed by atoms with Crippen LogP contribution in [0.5, 0.6) is 0 Å². The standard InChI is InChI=1S/C7H9IN2O2S/c8-7-1-3-10(9-7)6-2-4-13(11,12)5-6/h1,3,6H,2,4-5H2. The fourth-order valence-corrected chi connectivity index (χ4v) is 3.62. The molecule has 0 bridgehead atoms. The third kappa shape index (κ3) is 2.04. The van der Waals surface area contributed by atoms with E-state index in [-0.39, 0.29) is 11.8 Å². The van der Waals surface area contributed by atoms with E-state index in [0.717, 1.165) is 3.70 Å². The van der Waals surface area contributed by atoms with Gasteiger partial charge in [-0.15, -0.1) is 0 Å². The van der Waals surface area contributed by atoms with Gasteiger partial charge in [-0.25, -0.2) is 8.42 Å². The summed E-state index contributed by atoms with van der Waals surface area (Å²) in [5.41, 5.74) is 0. The van der Waals surface area contributed by atoms with E-state index in [1.54, 1.807) is 4.68 Å². The molecule has 6 heteroatoms. The molecule has 1 aliphatic heterocycles. The maximum Gasteiger partial charge on any atom is 0.152 e. The monoisotopic (exact) mass is 312 g/mol. The SMILES string of the molecule is O=S1(=O)CCC(n2ccc(I)n2)C1. The second-order valence-corrected chi connectivity index (χ2v) is 6.51. The largest absolute Gasteiger partial charge is 0.268 e. The van der Waals surface area contributed by atoms with Crippen LogP contribution in [0, 0.1) is 3.70 Å². The molecule has 2 rings (SSSR count). The van der Waals surface area contributed by atoms with Gasteiger partial charge in [0.25, 0.3) is 0 Å². The molecule has 0 saturated carbocycles. The number of halogens is 1. The Balaban J connectivity index is 2.21. The van der Waals surface area contributed by atoms with Gasteiger partial charge in [-0.1, -0.05) is 0 Å². The highest BCUT2D eigenvalue weighted by Gasteiger charge is 2.29. The fraction of sp³-hybridized carbons (Fsp3) is 0.571. The van der Waals surface area contributed by atoms with E-state index in [0.29, 0.717) is 12.2 Å². The quantitative estimate of drug-likeness (QED) is 0.722. The highest BCUT2D eigenvalue weighted by atomic mass is 127. The van der Waals surface area contributed by atoms with E-state index in [9.17, 15) is 8.42 Å². The Hall–Kier alpha value is -0.110. The number of sulfone groups is 1. The predicted octanol–water partition coefficient (Wildman–Crippen LogP) is 0.847. The predicted molar refractivity (Wildman–Crippen MR) is 57.3 cm³/mol. The Bertz CT molecular complexity index is 412. The maximum atomic E-state index is 11.2. The molecule has 2 heterocycles. The van der Waals surface area contributed by atoms with Crippen molar-refractivity contribution in [2.75, 3.05) is 11.5 Å². The van der Waals surface area contributed by atoms with E-state index in [1.807, 2.05) is 12.3 Å². The van der Waals surface area contributed by atoms with E-state index in [2.05, 4.69) is 27.7 Å². The van der Waals surface area contributed by atoms with Crippen molar-refractivity contribution in [3.63, 3.8) is 0 Å². The third-order valence-electron chi connectivity index (χ3n) is 2.16. The van der Waals surface area contributed by atoms with Crippen LogP contribution in [-0.2, 0) is 9.84 Å². The zero-order chi connectivity index (χ0) is 9.47. The minimum absolute atomic E-state index is 0.0496. The summed E-state index contributed by atoms with van der Waals surface area (Å²) in [6.07, 6.45) is 2.54. The van der Waals surface area contributed by atoms with Gasteiger partial charge in [0.15, 0.2) is 9.84 Å². The first-order valence-electron chi connectivity index (χ1n) is 3.98. The Morgan fingerprint density at radius 3 is 2.85 bits per heavy atom. The summed E-state index contributed by atoms with van der Waals surface area (Å²) < 4.78 is 25.0. The number of aromatic nitrogens is 2. The Morgan fingerprint density at radius 2 is 2.38 bits per heavy atom. The van der Waals surface area contributed by atoms with Gasteiger partial charge >= 0.3 is 0 Å². The lowest BCUT2D eigenvalue weighted by Gasteiger charge is -2.06. The van der Waals surface area contributed by atoms with Gasteiger partial charge in [-0.3, -0.25) is 4.68 Å².